The third-order valence-corrected chi connectivity index (χ3v) is 3.25. The van der Waals surface area contributed by atoms with Crippen molar-refractivity contribution in [3.8, 4) is 11.5 Å². The molecule has 106 valence electrons. The molecule has 0 aliphatic rings. The number of aromatic nitrogens is 2. The van der Waals surface area contributed by atoms with E-state index in [0.717, 1.165) is 0 Å². The quantitative estimate of drug-likeness (QED) is 0.919. The number of nitrogens with zero attached hydrogens (tertiary/aromatic N) is 2. The van der Waals surface area contributed by atoms with E-state index in [0.29, 0.717) is 27.5 Å². The number of rotatable bonds is 4. The van der Waals surface area contributed by atoms with Gasteiger partial charge in [0, 0.05) is 5.92 Å². The lowest BCUT2D eigenvalue weighted by molar-refractivity contribution is 0.269. The molecule has 0 saturated carbocycles. The topological polar surface area (TPSA) is 55.2 Å². The van der Waals surface area contributed by atoms with E-state index in [9.17, 15) is 9.50 Å². The molecule has 20 heavy (non-hydrogen) atoms. The van der Waals surface area contributed by atoms with Gasteiger partial charge in [-0.15, -0.1) is 0 Å². The molecule has 0 aliphatic heterocycles. The summed E-state index contributed by atoms with van der Waals surface area (Å²) in [6.07, 6.45) is 1.52. The largest absolute Gasteiger partial charge is 0.453 e. The third kappa shape index (κ3) is 3.32. The van der Waals surface area contributed by atoms with Crippen LogP contribution in [-0.4, -0.2) is 15.1 Å². The summed E-state index contributed by atoms with van der Waals surface area (Å²) in [5.41, 5.74) is 0.403. The van der Waals surface area contributed by atoms with Crippen molar-refractivity contribution >= 4 is 15.9 Å². The lowest BCUT2D eigenvalue weighted by atomic mass is 10.2. The Hall–Kier alpha value is -1.53. The third-order valence-electron chi connectivity index (χ3n) is 2.63. The molecule has 1 heterocycles. The van der Waals surface area contributed by atoms with Crippen LogP contribution in [0.2, 0.25) is 0 Å². The van der Waals surface area contributed by atoms with Crippen LogP contribution in [-0.2, 0) is 6.61 Å². The van der Waals surface area contributed by atoms with Crippen molar-refractivity contribution in [2.75, 3.05) is 0 Å². The van der Waals surface area contributed by atoms with Crippen LogP contribution in [0.3, 0.4) is 0 Å². The van der Waals surface area contributed by atoms with Gasteiger partial charge in [0.2, 0.25) is 0 Å². The Morgan fingerprint density at radius 2 is 2.10 bits per heavy atom. The maximum atomic E-state index is 13.0. The van der Waals surface area contributed by atoms with Crippen molar-refractivity contribution in [2.45, 2.75) is 26.4 Å². The highest BCUT2D eigenvalue weighted by molar-refractivity contribution is 9.10. The molecule has 1 aromatic heterocycles. The number of aliphatic hydroxyl groups excluding tert-OH is 1. The molecule has 0 spiro atoms. The molecule has 4 nitrogen and oxygen atoms in total. The van der Waals surface area contributed by atoms with Gasteiger partial charge in [0.1, 0.15) is 23.1 Å². The molecule has 6 heteroatoms. The van der Waals surface area contributed by atoms with Crippen LogP contribution in [0, 0.1) is 5.82 Å². The van der Waals surface area contributed by atoms with E-state index >= 15 is 0 Å². The van der Waals surface area contributed by atoms with Gasteiger partial charge in [-0.1, -0.05) is 13.8 Å². The fourth-order valence-corrected chi connectivity index (χ4v) is 2.01. The summed E-state index contributed by atoms with van der Waals surface area (Å²) in [5, 5.41) is 9.37. The zero-order valence-corrected chi connectivity index (χ0v) is 12.7. The van der Waals surface area contributed by atoms with E-state index in [-0.39, 0.29) is 18.3 Å². The van der Waals surface area contributed by atoms with Crippen LogP contribution in [0.1, 0.15) is 31.3 Å². The average Bonchev–Trinajstić information content (AvgIpc) is 2.42. The van der Waals surface area contributed by atoms with Gasteiger partial charge in [0.05, 0.1) is 17.3 Å². The van der Waals surface area contributed by atoms with Gasteiger partial charge in [-0.05, 0) is 34.1 Å². The van der Waals surface area contributed by atoms with Gasteiger partial charge in [-0.2, -0.15) is 0 Å². The van der Waals surface area contributed by atoms with Crippen LogP contribution in [0.15, 0.2) is 28.9 Å². The molecule has 2 aromatic rings. The first-order valence-corrected chi connectivity index (χ1v) is 6.90. The summed E-state index contributed by atoms with van der Waals surface area (Å²) in [4.78, 5) is 8.45. The van der Waals surface area contributed by atoms with E-state index in [1.54, 1.807) is 0 Å². The minimum Gasteiger partial charge on any atom is -0.453 e. The molecule has 0 atom stereocenters. The van der Waals surface area contributed by atoms with Crippen LogP contribution < -0.4 is 4.74 Å². The van der Waals surface area contributed by atoms with E-state index in [4.69, 9.17) is 4.74 Å². The summed E-state index contributed by atoms with van der Waals surface area (Å²) < 4.78 is 19.1. The second-order valence-electron chi connectivity index (χ2n) is 4.53. The normalized spacial score (nSPS) is 10.9. The fraction of sp³-hybridized carbons (Fsp3) is 0.286. The van der Waals surface area contributed by atoms with Crippen LogP contribution in [0.4, 0.5) is 4.39 Å². The van der Waals surface area contributed by atoms with Gasteiger partial charge in [0.15, 0.2) is 5.75 Å². The number of benzene rings is 1. The second kappa shape index (κ2) is 6.28. The molecule has 2 rings (SSSR count). The monoisotopic (exact) mass is 340 g/mol. The zero-order chi connectivity index (χ0) is 14.7. The Kier molecular flexibility index (Phi) is 4.67. The summed E-state index contributed by atoms with van der Waals surface area (Å²) >= 11 is 3.22. The smallest absolute Gasteiger partial charge is 0.169 e. The average molecular weight is 341 g/mol. The van der Waals surface area contributed by atoms with E-state index in [1.165, 1.54) is 24.4 Å². The van der Waals surface area contributed by atoms with Crippen LogP contribution in [0.25, 0.3) is 0 Å². The van der Waals surface area contributed by atoms with Gasteiger partial charge >= 0.3 is 0 Å². The molecular weight excluding hydrogens is 327 g/mol. The SMILES string of the molecule is CC(C)c1ncc(Oc2ccc(F)cc2Br)c(CO)n1. The predicted molar refractivity (Wildman–Crippen MR) is 76.2 cm³/mol. The first-order chi connectivity index (χ1) is 9.51. The van der Waals surface area contributed by atoms with Crippen molar-refractivity contribution in [2.24, 2.45) is 0 Å². The Morgan fingerprint density at radius 3 is 2.70 bits per heavy atom. The van der Waals surface area contributed by atoms with Crippen molar-refractivity contribution in [1.29, 1.82) is 0 Å². The predicted octanol–water partition coefficient (Wildman–Crippen LogP) is 3.79. The minimum absolute atomic E-state index is 0.159. The summed E-state index contributed by atoms with van der Waals surface area (Å²) in [7, 11) is 0. The maximum absolute atomic E-state index is 13.0. The first-order valence-electron chi connectivity index (χ1n) is 6.11. The molecule has 0 bridgehead atoms. The Labute approximate surface area is 124 Å². The highest BCUT2D eigenvalue weighted by Crippen LogP contribution is 2.31. The molecule has 0 radical (unpaired) electrons. The first kappa shape index (κ1) is 14.9. The van der Waals surface area contributed by atoms with Crippen molar-refractivity contribution in [3.05, 3.63) is 46.2 Å². The van der Waals surface area contributed by atoms with Gasteiger partial charge in [0.25, 0.3) is 0 Å². The Bertz CT molecular complexity index is 620. The van der Waals surface area contributed by atoms with E-state index < -0.39 is 0 Å². The van der Waals surface area contributed by atoms with E-state index in [2.05, 4.69) is 25.9 Å². The zero-order valence-electron chi connectivity index (χ0n) is 11.1. The highest BCUT2D eigenvalue weighted by Gasteiger charge is 2.12. The molecular formula is C14H14BrFN2O2. The molecule has 0 fully saturated rings. The highest BCUT2D eigenvalue weighted by atomic mass is 79.9. The fourth-order valence-electron chi connectivity index (χ4n) is 1.57. The Balaban J connectivity index is 2.33. The summed E-state index contributed by atoms with van der Waals surface area (Å²) in [5.74, 6) is 1.22. The number of hydrogen-bond donors (Lipinski definition) is 1. The van der Waals surface area contributed by atoms with E-state index in [1.807, 2.05) is 13.8 Å². The maximum Gasteiger partial charge on any atom is 0.169 e. The minimum atomic E-state index is -0.363. The van der Waals surface area contributed by atoms with Crippen molar-refractivity contribution in [3.63, 3.8) is 0 Å². The molecule has 0 unspecified atom stereocenters. The van der Waals surface area contributed by atoms with Crippen LogP contribution in [0.5, 0.6) is 11.5 Å². The second-order valence-corrected chi connectivity index (χ2v) is 5.38. The number of halogens is 2. The van der Waals surface area contributed by atoms with Gasteiger partial charge in [-0.25, -0.2) is 14.4 Å². The van der Waals surface area contributed by atoms with Crippen molar-refractivity contribution < 1.29 is 14.2 Å². The Morgan fingerprint density at radius 1 is 1.35 bits per heavy atom. The molecule has 0 aliphatic carbocycles. The molecule has 0 amide bonds. The summed E-state index contributed by atoms with van der Waals surface area (Å²) in [6, 6.07) is 4.09. The number of aliphatic hydroxyl groups is 1. The lowest BCUT2D eigenvalue weighted by Crippen LogP contribution is -2.03. The molecule has 1 aromatic carbocycles. The lowest BCUT2D eigenvalue weighted by Gasteiger charge is -2.12. The van der Waals surface area contributed by atoms with Crippen LogP contribution >= 0.6 is 15.9 Å². The number of ether oxygens (including phenoxy) is 1. The molecule has 0 saturated heterocycles. The molecule has 1 N–H and O–H groups in total. The summed E-state index contributed by atoms with van der Waals surface area (Å²) in [6.45, 7) is 3.68. The standard InChI is InChI=1S/C14H14BrFN2O2/c1-8(2)14-17-6-13(11(7-19)18-14)20-12-4-3-9(16)5-10(12)15/h3-6,8,19H,7H2,1-2H3. The van der Waals surface area contributed by atoms with Gasteiger partial charge in [-0.3, -0.25) is 0 Å². The van der Waals surface area contributed by atoms with Gasteiger partial charge < -0.3 is 9.84 Å². The number of hydrogen-bond acceptors (Lipinski definition) is 4. The van der Waals surface area contributed by atoms with Crippen molar-refractivity contribution in [1.82, 2.24) is 9.97 Å².